The Morgan fingerprint density at radius 1 is 1.50 bits per heavy atom. The molecule has 0 saturated heterocycles. The summed E-state index contributed by atoms with van der Waals surface area (Å²) in [7, 11) is 0. The molecule has 0 aliphatic carbocycles. The second-order valence-corrected chi connectivity index (χ2v) is 3.23. The minimum absolute atomic E-state index is 0.0107. The van der Waals surface area contributed by atoms with Gasteiger partial charge in [0, 0.05) is 6.07 Å². The van der Waals surface area contributed by atoms with Crippen LogP contribution >= 0.6 is 0 Å². The van der Waals surface area contributed by atoms with Crippen molar-refractivity contribution in [3.05, 3.63) is 33.9 Å². The number of hydrogen-bond acceptors (Lipinski definition) is 4. The predicted molar refractivity (Wildman–Crippen MR) is 48.3 cm³/mol. The number of ether oxygens (including phenoxy) is 1. The molecular formula is C10H10O4. The Morgan fingerprint density at radius 3 is 3.00 bits per heavy atom. The van der Waals surface area contributed by atoms with Crippen molar-refractivity contribution < 1.29 is 13.9 Å². The highest BCUT2D eigenvalue weighted by molar-refractivity contribution is 5.91. The van der Waals surface area contributed by atoms with E-state index < -0.39 is 5.97 Å². The molecule has 4 heteroatoms. The van der Waals surface area contributed by atoms with Gasteiger partial charge in [-0.3, -0.25) is 4.79 Å². The van der Waals surface area contributed by atoms with Crippen LogP contribution in [0.1, 0.15) is 35.4 Å². The fraction of sp³-hybridized carbons (Fsp3) is 0.400. The number of rotatable bonds is 1. The van der Waals surface area contributed by atoms with Crippen LogP contribution in [0.25, 0.3) is 0 Å². The van der Waals surface area contributed by atoms with Crippen LogP contribution in [0, 0.1) is 0 Å². The van der Waals surface area contributed by atoms with Crippen molar-refractivity contribution in [2.24, 2.45) is 0 Å². The molecule has 0 N–H and O–H groups in total. The van der Waals surface area contributed by atoms with Crippen LogP contribution in [0.2, 0.25) is 0 Å². The fourth-order valence-electron chi connectivity index (χ4n) is 1.56. The van der Waals surface area contributed by atoms with Gasteiger partial charge >= 0.3 is 5.97 Å². The first-order valence-corrected chi connectivity index (χ1v) is 4.53. The third-order valence-corrected chi connectivity index (χ3v) is 2.39. The number of esters is 1. The minimum atomic E-state index is -0.570. The van der Waals surface area contributed by atoms with Crippen molar-refractivity contribution in [3.8, 4) is 0 Å². The van der Waals surface area contributed by atoms with Crippen LogP contribution in [-0.2, 0) is 4.74 Å². The third kappa shape index (κ3) is 1.23. The van der Waals surface area contributed by atoms with E-state index >= 15 is 0 Å². The summed E-state index contributed by atoms with van der Waals surface area (Å²) in [5, 5.41) is 0. The molecule has 1 aliphatic heterocycles. The first-order chi connectivity index (χ1) is 6.74. The van der Waals surface area contributed by atoms with Crippen molar-refractivity contribution in [2.45, 2.75) is 19.3 Å². The van der Waals surface area contributed by atoms with Crippen LogP contribution in [-0.4, -0.2) is 12.6 Å². The van der Waals surface area contributed by atoms with E-state index in [1.165, 1.54) is 12.3 Å². The normalized spacial score (nSPS) is 20.1. The van der Waals surface area contributed by atoms with E-state index in [0.717, 1.165) is 6.42 Å². The van der Waals surface area contributed by atoms with E-state index in [0.29, 0.717) is 12.4 Å². The summed E-state index contributed by atoms with van der Waals surface area (Å²) in [4.78, 5) is 22.7. The van der Waals surface area contributed by atoms with E-state index in [-0.39, 0.29) is 16.9 Å². The summed E-state index contributed by atoms with van der Waals surface area (Å²) in [5.41, 5.74) is -0.264. The molecule has 74 valence electrons. The average molecular weight is 194 g/mol. The number of carbonyl (C=O) groups is 1. The van der Waals surface area contributed by atoms with Crippen LogP contribution in [0.5, 0.6) is 0 Å². The molecule has 0 radical (unpaired) electrons. The van der Waals surface area contributed by atoms with Crippen LogP contribution < -0.4 is 5.43 Å². The minimum Gasteiger partial charge on any atom is -0.468 e. The highest BCUT2D eigenvalue weighted by Crippen LogP contribution is 2.26. The van der Waals surface area contributed by atoms with E-state index in [4.69, 9.17) is 9.15 Å². The SMILES string of the molecule is CCC1COC(=O)c2c1occc2=O. The molecule has 1 aromatic rings. The van der Waals surface area contributed by atoms with E-state index in [2.05, 4.69) is 0 Å². The van der Waals surface area contributed by atoms with Gasteiger partial charge in [-0.15, -0.1) is 0 Å². The van der Waals surface area contributed by atoms with Crippen molar-refractivity contribution in [1.29, 1.82) is 0 Å². The summed E-state index contributed by atoms with van der Waals surface area (Å²) in [6.07, 6.45) is 2.11. The summed E-state index contributed by atoms with van der Waals surface area (Å²) in [6, 6.07) is 1.23. The number of cyclic esters (lactones) is 1. The monoisotopic (exact) mass is 194 g/mol. The highest BCUT2D eigenvalue weighted by atomic mass is 16.5. The van der Waals surface area contributed by atoms with Gasteiger partial charge in [0.25, 0.3) is 0 Å². The molecule has 1 aliphatic rings. The smallest absolute Gasteiger partial charge is 0.345 e. The Bertz CT molecular complexity index is 418. The zero-order valence-corrected chi connectivity index (χ0v) is 7.78. The number of carbonyl (C=O) groups excluding carboxylic acids is 1. The van der Waals surface area contributed by atoms with Crippen LogP contribution in [0.15, 0.2) is 21.5 Å². The maximum atomic E-state index is 11.4. The largest absolute Gasteiger partial charge is 0.468 e. The first-order valence-electron chi connectivity index (χ1n) is 4.53. The molecule has 4 nitrogen and oxygen atoms in total. The molecule has 0 saturated carbocycles. The molecule has 2 rings (SSSR count). The lowest BCUT2D eigenvalue weighted by molar-refractivity contribution is 0.0410. The lowest BCUT2D eigenvalue weighted by Crippen LogP contribution is -2.28. The second-order valence-electron chi connectivity index (χ2n) is 3.23. The summed E-state index contributed by atoms with van der Waals surface area (Å²) >= 11 is 0. The van der Waals surface area contributed by atoms with Crippen molar-refractivity contribution in [2.75, 3.05) is 6.61 Å². The maximum absolute atomic E-state index is 11.4. The summed E-state index contributed by atoms with van der Waals surface area (Å²) < 4.78 is 10.1. The molecule has 0 fully saturated rings. The Labute approximate surface area is 80.5 Å². The van der Waals surface area contributed by atoms with Crippen molar-refractivity contribution in [3.63, 3.8) is 0 Å². The molecule has 2 heterocycles. The van der Waals surface area contributed by atoms with Gasteiger partial charge < -0.3 is 9.15 Å². The Hall–Kier alpha value is -1.58. The second kappa shape index (κ2) is 3.29. The van der Waals surface area contributed by atoms with Gasteiger partial charge in [0.2, 0.25) is 0 Å². The molecule has 1 aromatic heterocycles. The van der Waals surface area contributed by atoms with Gasteiger partial charge in [-0.1, -0.05) is 6.92 Å². The van der Waals surface area contributed by atoms with Gasteiger partial charge in [0.1, 0.15) is 17.9 Å². The maximum Gasteiger partial charge on any atom is 0.345 e. The Balaban J connectivity index is 2.62. The Kier molecular flexibility index (Phi) is 2.11. The molecule has 0 bridgehead atoms. The highest BCUT2D eigenvalue weighted by Gasteiger charge is 2.30. The fourth-order valence-corrected chi connectivity index (χ4v) is 1.56. The molecular weight excluding hydrogens is 184 g/mol. The van der Waals surface area contributed by atoms with Crippen LogP contribution in [0.3, 0.4) is 0 Å². The molecule has 0 amide bonds. The predicted octanol–water partition coefficient (Wildman–Crippen LogP) is 1.30. The summed E-state index contributed by atoms with van der Waals surface area (Å²) in [5.74, 6) is -0.0908. The summed E-state index contributed by atoms with van der Waals surface area (Å²) in [6.45, 7) is 2.26. The van der Waals surface area contributed by atoms with Gasteiger partial charge in [-0.25, -0.2) is 4.79 Å². The zero-order chi connectivity index (χ0) is 10.1. The van der Waals surface area contributed by atoms with Gasteiger partial charge in [0.05, 0.1) is 12.2 Å². The molecule has 1 unspecified atom stereocenters. The van der Waals surface area contributed by atoms with E-state index in [9.17, 15) is 9.59 Å². The van der Waals surface area contributed by atoms with Crippen molar-refractivity contribution >= 4 is 5.97 Å². The lowest BCUT2D eigenvalue weighted by Gasteiger charge is -2.20. The van der Waals surface area contributed by atoms with Gasteiger partial charge in [0.15, 0.2) is 5.43 Å². The lowest BCUT2D eigenvalue weighted by atomic mass is 9.97. The van der Waals surface area contributed by atoms with E-state index in [1.54, 1.807) is 0 Å². The topological polar surface area (TPSA) is 56.5 Å². The standard InChI is InChI=1S/C10H10O4/c1-2-6-5-14-10(12)8-7(11)3-4-13-9(6)8/h3-4,6H,2,5H2,1H3. The van der Waals surface area contributed by atoms with Crippen LogP contribution in [0.4, 0.5) is 0 Å². The molecule has 0 aromatic carbocycles. The first kappa shape index (κ1) is 8.99. The molecule has 0 spiro atoms. The number of fused-ring (bicyclic) bond motifs is 1. The van der Waals surface area contributed by atoms with Gasteiger partial charge in [-0.05, 0) is 6.42 Å². The third-order valence-electron chi connectivity index (χ3n) is 2.39. The molecule has 14 heavy (non-hydrogen) atoms. The van der Waals surface area contributed by atoms with Crippen molar-refractivity contribution in [1.82, 2.24) is 0 Å². The Morgan fingerprint density at radius 2 is 2.29 bits per heavy atom. The quantitative estimate of drug-likeness (QED) is 0.632. The average Bonchev–Trinajstić information content (AvgIpc) is 2.18. The van der Waals surface area contributed by atoms with E-state index in [1.807, 2.05) is 6.92 Å². The zero-order valence-electron chi connectivity index (χ0n) is 7.78. The number of hydrogen-bond donors (Lipinski definition) is 0. The molecule has 1 atom stereocenters. The van der Waals surface area contributed by atoms with Gasteiger partial charge in [-0.2, -0.15) is 0 Å².